The number of amides is 2. The molecule has 2 amide bonds. The fourth-order valence-corrected chi connectivity index (χ4v) is 4.07. The highest BCUT2D eigenvalue weighted by Crippen LogP contribution is 2.22. The summed E-state index contributed by atoms with van der Waals surface area (Å²) >= 11 is 6.13. The summed E-state index contributed by atoms with van der Waals surface area (Å²) in [7, 11) is 0. The van der Waals surface area contributed by atoms with Gasteiger partial charge in [-0.15, -0.1) is 0 Å². The van der Waals surface area contributed by atoms with Gasteiger partial charge < -0.3 is 9.80 Å². The number of nitrogens with zero attached hydrogens (tertiary/aromatic N) is 2. The highest BCUT2D eigenvalue weighted by atomic mass is 35.5. The molecule has 0 radical (unpaired) electrons. The molecule has 5 heteroatoms. The Bertz CT molecular complexity index is 700. The van der Waals surface area contributed by atoms with Crippen LogP contribution in [-0.4, -0.2) is 47.8 Å². The average molecular weight is 389 g/mol. The third kappa shape index (κ3) is 5.35. The van der Waals surface area contributed by atoms with Crippen molar-refractivity contribution in [2.45, 2.75) is 45.4 Å². The molecule has 2 heterocycles. The number of carbonyl (C=O) groups excluding carboxylic acids is 2. The third-order valence-electron chi connectivity index (χ3n) is 5.69. The summed E-state index contributed by atoms with van der Waals surface area (Å²) < 4.78 is 0. The van der Waals surface area contributed by atoms with Crippen LogP contribution in [0.3, 0.4) is 0 Å². The van der Waals surface area contributed by atoms with E-state index in [0.717, 1.165) is 49.9 Å². The second-order valence-electron chi connectivity index (χ2n) is 7.68. The number of likely N-dealkylation sites (tertiary alicyclic amines) is 2. The standard InChI is InChI=1S/C22H29ClN2O2/c1-17-6-7-18(16-20(17)23)8-9-21(26)24-14-10-19(11-15-24)22(27)25-12-4-2-3-5-13-25/h6-9,16,19H,2-5,10-15H2,1H3/b9-8+. The number of aryl methyl sites for hydroxylation is 1. The van der Waals surface area contributed by atoms with Crippen molar-refractivity contribution in [1.29, 1.82) is 0 Å². The van der Waals surface area contributed by atoms with E-state index in [1.54, 1.807) is 6.08 Å². The molecule has 2 saturated heterocycles. The van der Waals surface area contributed by atoms with Gasteiger partial charge in [0, 0.05) is 43.2 Å². The maximum atomic E-state index is 12.7. The second-order valence-corrected chi connectivity index (χ2v) is 8.09. The maximum absolute atomic E-state index is 12.7. The Kier molecular flexibility index (Phi) is 6.95. The Balaban J connectivity index is 1.50. The van der Waals surface area contributed by atoms with Crippen molar-refractivity contribution in [1.82, 2.24) is 9.80 Å². The van der Waals surface area contributed by atoms with E-state index in [1.807, 2.05) is 36.1 Å². The largest absolute Gasteiger partial charge is 0.342 e. The number of piperidine rings is 1. The first-order chi connectivity index (χ1) is 13.0. The average Bonchev–Trinajstić information content (AvgIpc) is 2.98. The molecule has 0 bridgehead atoms. The fraction of sp³-hybridized carbons (Fsp3) is 0.545. The number of hydrogen-bond donors (Lipinski definition) is 0. The summed E-state index contributed by atoms with van der Waals surface area (Å²) in [6, 6.07) is 5.77. The molecule has 2 fully saturated rings. The van der Waals surface area contributed by atoms with Crippen molar-refractivity contribution in [3.63, 3.8) is 0 Å². The normalized spacial score (nSPS) is 19.3. The minimum absolute atomic E-state index is 0.00682. The summed E-state index contributed by atoms with van der Waals surface area (Å²) in [5, 5.41) is 0.706. The van der Waals surface area contributed by atoms with Crippen molar-refractivity contribution in [3.8, 4) is 0 Å². The van der Waals surface area contributed by atoms with E-state index in [9.17, 15) is 9.59 Å². The van der Waals surface area contributed by atoms with Crippen LogP contribution in [0.1, 0.15) is 49.7 Å². The van der Waals surface area contributed by atoms with E-state index in [1.165, 1.54) is 12.8 Å². The van der Waals surface area contributed by atoms with Crippen molar-refractivity contribution in [2.24, 2.45) is 5.92 Å². The molecule has 0 spiro atoms. The van der Waals surface area contributed by atoms with Gasteiger partial charge in [-0.25, -0.2) is 0 Å². The van der Waals surface area contributed by atoms with Gasteiger partial charge in [-0.1, -0.05) is 36.6 Å². The summed E-state index contributed by atoms with van der Waals surface area (Å²) in [6.07, 6.45) is 9.66. The van der Waals surface area contributed by atoms with Gasteiger partial charge in [-0.05, 0) is 55.9 Å². The lowest BCUT2D eigenvalue weighted by Crippen LogP contribution is -2.44. The quantitative estimate of drug-likeness (QED) is 0.724. The van der Waals surface area contributed by atoms with Crippen molar-refractivity contribution in [3.05, 3.63) is 40.4 Å². The first-order valence-corrected chi connectivity index (χ1v) is 10.4. The molecule has 3 rings (SSSR count). The molecule has 1 aromatic carbocycles. The van der Waals surface area contributed by atoms with E-state index in [-0.39, 0.29) is 11.8 Å². The van der Waals surface area contributed by atoms with Crippen molar-refractivity contribution in [2.75, 3.05) is 26.2 Å². The van der Waals surface area contributed by atoms with Crippen LogP contribution in [0.5, 0.6) is 0 Å². The minimum Gasteiger partial charge on any atom is -0.342 e. The first kappa shape index (κ1) is 19.9. The zero-order valence-electron chi connectivity index (χ0n) is 16.1. The maximum Gasteiger partial charge on any atom is 0.246 e. The van der Waals surface area contributed by atoms with Gasteiger partial charge in [-0.2, -0.15) is 0 Å². The number of benzene rings is 1. The van der Waals surface area contributed by atoms with Crippen molar-refractivity contribution >= 4 is 29.5 Å². The Labute approximate surface area is 167 Å². The molecule has 0 N–H and O–H groups in total. The summed E-state index contributed by atoms with van der Waals surface area (Å²) in [5.74, 6) is 0.383. The smallest absolute Gasteiger partial charge is 0.246 e. The summed E-state index contributed by atoms with van der Waals surface area (Å²) in [4.78, 5) is 29.1. The predicted octanol–water partition coefficient (Wildman–Crippen LogP) is 4.30. The number of hydrogen-bond acceptors (Lipinski definition) is 2. The predicted molar refractivity (Wildman–Crippen MR) is 110 cm³/mol. The molecule has 2 aliphatic heterocycles. The zero-order valence-corrected chi connectivity index (χ0v) is 16.9. The highest BCUT2D eigenvalue weighted by Gasteiger charge is 2.29. The van der Waals surface area contributed by atoms with Gasteiger partial charge in [0.15, 0.2) is 0 Å². The molecule has 0 aromatic heterocycles. The molecule has 1 aromatic rings. The van der Waals surface area contributed by atoms with Crippen LogP contribution in [0.25, 0.3) is 6.08 Å². The first-order valence-electron chi connectivity index (χ1n) is 10.1. The monoisotopic (exact) mass is 388 g/mol. The lowest BCUT2D eigenvalue weighted by Gasteiger charge is -2.33. The molecule has 0 unspecified atom stereocenters. The van der Waals surface area contributed by atoms with E-state index in [2.05, 4.69) is 4.90 Å². The molecule has 0 atom stereocenters. The van der Waals surface area contributed by atoms with Crippen LogP contribution in [0.4, 0.5) is 0 Å². The molecule has 0 aliphatic carbocycles. The Hall–Kier alpha value is -1.81. The highest BCUT2D eigenvalue weighted by molar-refractivity contribution is 6.31. The molecular weight excluding hydrogens is 360 g/mol. The Morgan fingerprint density at radius 1 is 1.00 bits per heavy atom. The molecule has 27 heavy (non-hydrogen) atoms. The molecule has 2 aliphatic rings. The van der Waals surface area contributed by atoms with E-state index in [0.29, 0.717) is 24.0 Å². The van der Waals surface area contributed by atoms with E-state index in [4.69, 9.17) is 11.6 Å². The van der Waals surface area contributed by atoms with Crippen LogP contribution >= 0.6 is 11.6 Å². The van der Waals surface area contributed by atoms with Crippen LogP contribution in [-0.2, 0) is 9.59 Å². The third-order valence-corrected chi connectivity index (χ3v) is 6.10. The van der Waals surface area contributed by atoms with Gasteiger partial charge >= 0.3 is 0 Å². The van der Waals surface area contributed by atoms with Gasteiger partial charge in [0.2, 0.25) is 11.8 Å². The Morgan fingerprint density at radius 3 is 2.30 bits per heavy atom. The SMILES string of the molecule is Cc1ccc(/C=C/C(=O)N2CCC(C(=O)N3CCCCCC3)CC2)cc1Cl. The number of rotatable bonds is 3. The fourth-order valence-electron chi connectivity index (χ4n) is 3.88. The van der Waals surface area contributed by atoms with Crippen molar-refractivity contribution < 1.29 is 9.59 Å². The van der Waals surface area contributed by atoms with E-state index < -0.39 is 0 Å². The topological polar surface area (TPSA) is 40.6 Å². The van der Waals surface area contributed by atoms with Crippen LogP contribution < -0.4 is 0 Å². The van der Waals surface area contributed by atoms with Gasteiger partial charge in [-0.3, -0.25) is 9.59 Å². The second kappa shape index (κ2) is 9.41. The van der Waals surface area contributed by atoms with Gasteiger partial charge in [0.1, 0.15) is 0 Å². The lowest BCUT2D eigenvalue weighted by molar-refractivity contribution is -0.139. The summed E-state index contributed by atoms with van der Waals surface area (Å²) in [5.41, 5.74) is 1.95. The molecular formula is C22H29ClN2O2. The zero-order chi connectivity index (χ0) is 19.2. The van der Waals surface area contributed by atoms with Crippen LogP contribution in [0.15, 0.2) is 24.3 Å². The van der Waals surface area contributed by atoms with Crippen LogP contribution in [0, 0.1) is 12.8 Å². The van der Waals surface area contributed by atoms with E-state index >= 15 is 0 Å². The number of halogens is 1. The van der Waals surface area contributed by atoms with Crippen LogP contribution in [0.2, 0.25) is 5.02 Å². The molecule has 4 nitrogen and oxygen atoms in total. The molecule has 0 saturated carbocycles. The Morgan fingerprint density at radius 2 is 1.67 bits per heavy atom. The summed E-state index contributed by atoms with van der Waals surface area (Å²) in [6.45, 7) is 5.07. The number of carbonyl (C=O) groups is 2. The molecule has 146 valence electrons. The lowest BCUT2D eigenvalue weighted by atomic mass is 9.95. The minimum atomic E-state index is 0.00682. The van der Waals surface area contributed by atoms with Gasteiger partial charge in [0.25, 0.3) is 0 Å². The van der Waals surface area contributed by atoms with Gasteiger partial charge in [0.05, 0.1) is 0 Å².